The molecule has 2 aromatic carbocycles. The Morgan fingerprint density at radius 3 is 2.39 bits per heavy atom. The van der Waals surface area contributed by atoms with Gasteiger partial charge >= 0.3 is 0 Å². The molecule has 0 spiro atoms. The maximum atomic E-state index is 13.6. The van der Waals surface area contributed by atoms with E-state index in [0.29, 0.717) is 32.3 Å². The summed E-state index contributed by atoms with van der Waals surface area (Å²) in [5.74, 6) is 0.317. The number of hydrogen-bond donors (Lipinski definition) is 0. The van der Waals surface area contributed by atoms with Crippen LogP contribution in [-0.4, -0.2) is 11.1 Å². The van der Waals surface area contributed by atoms with Gasteiger partial charge in [-0.15, -0.1) is 0 Å². The zero-order valence-corrected chi connectivity index (χ0v) is 18.3. The molecule has 6 nitrogen and oxygen atoms in total. The summed E-state index contributed by atoms with van der Waals surface area (Å²) in [5, 5.41) is 5.10. The molecule has 0 N–H and O–H groups in total. The maximum absolute atomic E-state index is 13.6. The number of nitrogens with zero attached hydrogens (tertiary/aromatic N) is 2. The van der Waals surface area contributed by atoms with Crippen LogP contribution >= 0.6 is 23.2 Å². The summed E-state index contributed by atoms with van der Waals surface area (Å²) in [4.78, 5) is 28.4. The number of halogens is 2. The van der Waals surface area contributed by atoms with Gasteiger partial charge in [-0.3, -0.25) is 14.5 Å². The molecule has 2 aromatic heterocycles. The van der Waals surface area contributed by atoms with E-state index in [1.54, 1.807) is 43.3 Å². The molecule has 4 aromatic rings. The van der Waals surface area contributed by atoms with Gasteiger partial charge in [0.05, 0.1) is 27.0 Å². The highest BCUT2D eigenvalue weighted by Gasteiger charge is 2.45. The molecule has 0 aliphatic carbocycles. The van der Waals surface area contributed by atoms with E-state index in [9.17, 15) is 9.59 Å². The third-order valence-corrected chi connectivity index (χ3v) is 6.35. The van der Waals surface area contributed by atoms with Crippen LogP contribution in [0.15, 0.2) is 50.1 Å². The van der Waals surface area contributed by atoms with Gasteiger partial charge in [-0.05, 0) is 61.7 Å². The summed E-state index contributed by atoms with van der Waals surface area (Å²) in [6.45, 7) is 5.57. The monoisotopic (exact) mass is 454 g/mol. The van der Waals surface area contributed by atoms with Gasteiger partial charge in [0.1, 0.15) is 11.3 Å². The van der Waals surface area contributed by atoms with E-state index in [1.165, 1.54) is 4.90 Å². The number of carbonyl (C=O) groups excluding carboxylic acids is 1. The van der Waals surface area contributed by atoms with Crippen molar-refractivity contribution < 1.29 is 13.7 Å². The van der Waals surface area contributed by atoms with Crippen molar-refractivity contribution in [1.82, 2.24) is 5.16 Å². The molecule has 1 aliphatic rings. The standard InChI is InChI=1S/C23H16Cl2N2O4/c1-10-6-14-17(7-11(10)2)30-22-19(21(14)28)20(13-4-5-15(24)16(25)9-13)27(23(22)29)18-8-12(3)31-26-18/h4-9,20H,1-3H3. The van der Waals surface area contributed by atoms with Gasteiger partial charge in [0, 0.05) is 6.07 Å². The lowest BCUT2D eigenvalue weighted by Gasteiger charge is -2.22. The van der Waals surface area contributed by atoms with Crippen LogP contribution in [0.25, 0.3) is 11.0 Å². The summed E-state index contributed by atoms with van der Waals surface area (Å²) >= 11 is 12.3. The van der Waals surface area contributed by atoms with E-state index < -0.39 is 11.9 Å². The first-order valence-corrected chi connectivity index (χ1v) is 10.3. The number of amides is 1. The average molecular weight is 455 g/mol. The van der Waals surface area contributed by atoms with Crippen molar-refractivity contribution in [2.75, 3.05) is 4.90 Å². The number of rotatable bonds is 2. The van der Waals surface area contributed by atoms with E-state index in [4.69, 9.17) is 32.1 Å². The Morgan fingerprint density at radius 1 is 0.968 bits per heavy atom. The SMILES string of the molecule is Cc1cc(N2C(=O)c3oc4cc(C)c(C)cc4c(=O)c3C2c2ccc(Cl)c(Cl)c2)no1. The van der Waals surface area contributed by atoms with E-state index >= 15 is 0 Å². The van der Waals surface area contributed by atoms with Crippen LogP contribution in [-0.2, 0) is 0 Å². The summed E-state index contributed by atoms with van der Waals surface area (Å²) in [7, 11) is 0. The third kappa shape index (κ3) is 2.98. The molecule has 1 aliphatic heterocycles. The Morgan fingerprint density at radius 2 is 1.71 bits per heavy atom. The van der Waals surface area contributed by atoms with Crippen molar-refractivity contribution in [1.29, 1.82) is 0 Å². The smallest absolute Gasteiger partial charge is 0.296 e. The minimum atomic E-state index is -0.788. The Labute approximate surface area is 187 Å². The fourth-order valence-electron chi connectivity index (χ4n) is 3.93. The molecule has 8 heteroatoms. The first kappa shape index (κ1) is 19.8. The van der Waals surface area contributed by atoms with Gasteiger partial charge in [0.25, 0.3) is 5.91 Å². The lowest BCUT2D eigenvalue weighted by molar-refractivity contribution is 0.0969. The molecule has 5 rings (SSSR count). The van der Waals surface area contributed by atoms with Gasteiger partial charge < -0.3 is 8.94 Å². The minimum Gasteiger partial charge on any atom is -0.450 e. The van der Waals surface area contributed by atoms with Gasteiger partial charge in [-0.1, -0.05) is 34.4 Å². The topological polar surface area (TPSA) is 76.6 Å². The van der Waals surface area contributed by atoms with Gasteiger partial charge in [-0.25, -0.2) is 0 Å². The predicted octanol–water partition coefficient (Wildman–Crippen LogP) is 5.76. The number of aryl methyl sites for hydroxylation is 3. The molecule has 1 unspecified atom stereocenters. The van der Waals surface area contributed by atoms with E-state index in [2.05, 4.69) is 5.16 Å². The van der Waals surface area contributed by atoms with Crippen LogP contribution in [0.3, 0.4) is 0 Å². The number of carbonyl (C=O) groups is 1. The Hall–Kier alpha value is -3.09. The average Bonchev–Trinajstić information content (AvgIpc) is 3.27. The highest BCUT2D eigenvalue weighted by atomic mass is 35.5. The molecule has 1 amide bonds. The highest BCUT2D eigenvalue weighted by molar-refractivity contribution is 6.42. The lowest BCUT2D eigenvalue weighted by atomic mass is 9.97. The second-order valence-corrected chi connectivity index (χ2v) is 8.47. The van der Waals surface area contributed by atoms with Crippen LogP contribution in [0.4, 0.5) is 5.82 Å². The molecule has 1 atom stereocenters. The van der Waals surface area contributed by atoms with Crippen molar-refractivity contribution in [3.8, 4) is 0 Å². The Balaban J connectivity index is 1.84. The second kappa shape index (κ2) is 6.97. The Bertz CT molecular complexity index is 1450. The summed E-state index contributed by atoms with van der Waals surface area (Å²) in [6, 6.07) is 9.40. The van der Waals surface area contributed by atoms with Crippen LogP contribution in [0.1, 0.15) is 44.6 Å². The number of anilines is 1. The normalized spacial score (nSPS) is 15.7. The fourth-order valence-corrected chi connectivity index (χ4v) is 4.24. The van der Waals surface area contributed by atoms with Crippen LogP contribution in [0.5, 0.6) is 0 Å². The van der Waals surface area contributed by atoms with Crippen LogP contribution in [0.2, 0.25) is 10.0 Å². The Kier molecular flexibility index (Phi) is 4.46. The zero-order valence-electron chi connectivity index (χ0n) is 16.8. The van der Waals surface area contributed by atoms with E-state index in [-0.39, 0.29) is 22.6 Å². The summed E-state index contributed by atoms with van der Waals surface area (Å²) in [6.07, 6.45) is 0. The first-order valence-electron chi connectivity index (χ1n) is 9.56. The van der Waals surface area contributed by atoms with Crippen LogP contribution in [0, 0.1) is 20.8 Å². The van der Waals surface area contributed by atoms with Gasteiger partial charge in [-0.2, -0.15) is 0 Å². The zero-order chi connectivity index (χ0) is 22.0. The van der Waals surface area contributed by atoms with Crippen molar-refractivity contribution in [3.63, 3.8) is 0 Å². The second-order valence-electron chi connectivity index (χ2n) is 7.65. The van der Waals surface area contributed by atoms with Gasteiger partial charge in [0.15, 0.2) is 11.2 Å². The van der Waals surface area contributed by atoms with Crippen molar-refractivity contribution in [2.24, 2.45) is 0 Å². The van der Waals surface area contributed by atoms with Gasteiger partial charge in [0.2, 0.25) is 5.76 Å². The fraction of sp³-hybridized carbons (Fsp3) is 0.174. The van der Waals surface area contributed by atoms with E-state index in [1.807, 2.05) is 13.8 Å². The molecular formula is C23H16Cl2N2O4. The molecule has 3 heterocycles. The highest BCUT2D eigenvalue weighted by Crippen LogP contribution is 2.42. The molecule has 156 valence electrons. The number of aromatic nitrogens is 1. The number of benzene rings is 2. The molecule has 0 saturated carbocycles. The predicted molar refractivity (Wildman–Crippen MR) is 118 cm³/mol. The van der Waals surface area contributed by atoms with Crippen molar-refractivity contribution >= 4 is 45.9 Å². The summed E-state index contributed by atoms with van der Waals surface area (Å²) in [5.41, 5.74) is 2.86. The molecule has 0 bridgehead atoms. The third-order valence-electron chi connectivity index (χ3n) is 5.61. The van der Waals surface area contributed by atoms with Crippen molar-refractivity contribution in [2.45, 2.75) is 26.8 Å². The van der Waals surface area contributed by atoms with E-state index in [0.717, 1.165) is 11.1 Å². The maximum Gasteiger partial charge on any atom is 0.296 e. The number of hydrogen-bond acceptors (Lipinski definition) is 5. The molecule has 31 heavy (non-hydrogen) atoms. The van der Waals surface area contributed by atoms with Crippen molar-refractivity contribution in [3.05, 3.63) is 90.4 Å². The summed E-state index contributed by atoms with van der Waals surface area (Å²) < 4.78 is 11.2. The molecule has 0 fully saturated rings. The molecular weight excluding hydrogens is 439 g/mol. The molecule has 0 radical (unpaired) electrons. The lowest BCUT2D eigenvalue weighted by Crippen LogP contribution is -2.29. The molecule has 0 saturated heterocycles. The first-order chi connectivity index (χ1) is 14.8. The quantitative estimate of drug-likeness (QED) is 0.384. The number of fused-ring (bicyclic) bond motifs is 2. The van der Waals surface area contributed by atoms with Crippen LogP contribution < -0.4 is 10.3 Å². The largest absolute Gasteiger partial charge is 0.450 e. The minimum absolute atomic E-state index is 0.0162.